The summed E-state index contributed by atoms with van der Waals surface area (Å²) in [6.45, 7) is 0.613. The summed E-state index contributed by atoms with van der Waals surface area (Å²) in [5.74, 6) is -5.26. The van der Waals surface area contributed by atoms with Crippen molar-refractivity contribution in [2.45, 2.75) is 118 Å². The maximum Gasteiger partial charge on any atom is 0.433 e. The molecule has 4 amide bonds. The third-order valence-corrected chi connectivity index (χ3v) is 15.2. The largest absolute Gasteiger partial charge is 0.497 e. The van der Waals surface area contributed by atoms with Gasteiger partial charge in [0.15, 0.2) is 0 Å². The molecule has 4 heterocycles. The number of fused-ring (bicyclic) bond motifs is 3. The Morgan fingerprint density at radius 3 is 2.43 bits per heavy atom. The first-order valence-corrected chi connectivity index (χ1v) is 22.7. The Labute approximate surface area is 369 Å². The van der Waals surface area contributed by atoms with Gasteiger partial charge in [-0.2, -0.15) is 26.3 Å². The first-order valence-electron chi connectivity index (χ1n) is 21.3. The van der Waals surface area contributed by atoms with Crippen LogP contribution in [0, 0.1) is 17.8 Å². The van der Waals surface area contributed by atoms with Gasteiger partial charge in [-0.15, -0.1) is 0 Å². The summed E-state index contributed by atoms with van der Waals surface area (Å²) in [6.07, 6.45) is -9.76. The molecule has 0 radical (unpaired) electrons. The van der Waals surface area contributed by atoms with E-state index >= 15 is 0 Å². The lowest BCUT2D eigenvalue weighted by atomic mass is 9.88. The van der Waals surface area contributed by atoms with Crippen molar-refractivity contribution in [3.63, 3.8) is 0 Å². The fourth-order valence-corrected chi connectivity index (χ4v) is 10.4. The van der Waals surface area contributed by atoms with Crippen LogP contribution in [-0.2, 0) is 40.1 Å². The molecular weight excluding hydrogens is 900 g/mol. The van der Waals surface area contributed by atoms with Crippen molar-refractivity contribution in [2.75, 3.05) is 33.5 Å². The number of alkyl halides is 7. The van der Waals surface area contributed by atoms with Crippen molar-refractivity contribution in [3.05, 3.63) is 42.1 Å². The van der Waals surface area contributed by atoms with Gasteiger partial charge in [0.25, 0.3) is 5.91 Å². The SMILES string of the molecule is COc1ccc2c(OC3CC4C(=O)NC5(C(=O)NS(=O)(=O)C6(CF)CC6)CC5C=CCCC(C)CC(C)C(NC(=O)OC5(C(F)(F)F)CCCOC5)C(=O)N4C3)nc(C(F)(F)F)cc2c1. The molecule has 4 fully saturated rings. The molecule has 1 aromatic heterocycles. The standard InChI is InChI=1S/C42H50F7N5O10S/c1-23-7-4-5-8-26-19-40(26,36(57)53-65(59,60)38(21-43)12-13-38)52-33(55)30-18-28(63-34-29-10-9-27(61-3)16-25(29)17-31(50-34)41(44,45)46)20-54(30)35(56)32(24(2)15-23)51-37(58)64-39(42(47,48)49)11-6-14-62-22-39/h5,8-10,16-17,23-24,26,28,30,32H,4,6-7,11-15,18-22H2,1-3H3,(H,51,58)(H,52,55)(H,53,57). The second-order valence-electron chi connectivity index (χ2n) is 17.9. The zero-order valence-corrected chi connectivity index (χ0v) is 36.5. The van der Waals surface area contributed by atoms with E-state index in [0.29, 0.717) is 12.8 Å². The van der Waals surface area contributed by atoms with E-state index in [1.54, 1.807) is 19.1 Å². The quantitative estimate of drug-likeness (QED) is 0.208. The minimum Gasteiger partial charge on any atom is -0.497 e. The number of benzene rings is 1. The number of aromatic nitrogens is 1. The Morgan fingerprint density at radius 1 is 1.06 bits per heavy atom. The number of pyridine rings is 1. The first kappa shape index (κ1) is 48.0. The zero-order chi connectivity index (χ0) is 47.3. The maximum absolute atomic E-state index is 14.9. The highest BCUT2D eigenvalue weighted by atomic mass is 32.2. The number of methoxy groups -OCH3 is 1. The van der Waals surface area contributed by atoms with Gasteiger partial charge in [0.05, 0.1) is 20.3 Å². The molecule has 23 heteroatoms. The number of rotatable bonds is 9. The summed E-state index contributed by atoms with van der Waals surface area (Å²) in [6, 6.07) is 1.67. The van der Waals surface area contributed by atoms with Crippen LogP contribution in [0.15, 0.2) is 36.4 Å². The number of hydrogen-bond acceptors (Lipinski definition) is 11. The lowest BCUT2D eigenvalue weighted by Gasteiger charge is -2.38. The number of carbonyl (C=O) groups excluding carboxylic acids is 4. The average Bonchev–Trinajstić information content (AvgIpc) is 4.15. The third-order valence-electron chi connectivity index (χ3n) is 13.1. The molecule has 0 bridgehead atoms. The number of hydrogen-bond donors (Lipinski definition) is 3. The van der Waals surface area contributed by atoms with Gasteiger partial charge in [0, 0.05) is 30.8 Å². The zero-order valence-electron chi connectivity index (χ0n) is 35.7. The molecule has 2 saturated heterocycles. The molecule has 8 atom stereocenters. The Balaban J connectivity index is 1.26. The number of carbonyl (C=O) groups is 4. The number of alkyl carbamates (subject to hydrolysis) is 1. The Hall–Kier alpha value is -4.93. The second kappa shape index (κ2) is 17.7. The number of amides is 4. The number of halogens is 7. The van der Waals surface area contributed by atoms with Crippen molar-refractivity contribution >= 4 is 44.6 Å². The van der Waals surface area contributed by atoms with Crippen LogP contribution in [0.1, 0.15) is 77.3 Å². The topological polar surface area (TPSA) is 192 Å². The average molecular weight is 950 g/mol. The van der Waals surface area contributed by atoms with Crippen molar-refractivity contribution in [1.82, 2.24) is 25.2 Å². The van der Waals surface area contributed by atoms with Gasteiger partial charge < -0.3 is 34.5 Å². The van der Waals surface area contributed by atoms with E-state index in [0.717, 1.165) is 11.0 Å². The highest BCUT2D eigenvalue weighted by Gasteiger charge is 2.64. The van der Waals surface area contributed by atoms with Gasteiger partial charge in [-0.1, -0.05) is 26.0 Å². The Bertz CT molecular complexity index is 2320. The summed E-state index contributed by atoms with van der Waals surface area (Å²) in [5.41, 5.74) is -6.28. The lowest BCUT2D eigenvalue weighted by molar-refractivity contribution is -0.285. The van der Waals surface area contributed by atoms with Crippen LogP contribution >= 0.6 is 0 Å². The predicted octanol–water partition coefficient (Wildman–Crippen LogP) is 5.65. The molecule has 3 aliphatic heterocycles. The third kappa shape index (κ3) is 9.67. The van der Waals surface area contributed by atoms with Gasteiger partial charge in [-0.3, -0.25) is 19.1 Å². The molecule has 1 aromatic carbocycles. The molecule has 65 heavy (non-hydrogen) atoms. The molecule has 15 nitrogen and oxygen atoms in total. The molecular formula is C42H50F7N5O10S. The fraction of sp³-hybridized carbons (Fsp3) is 0.643. The molecule has 3 N–H and O–H groups in total. The Kier molecular flexibility index (Phi) is 13.1. The fourth-order valence-electron chi connectivity index (χ4n) is 8.94. The van der Waals surface area contributed by atoms with Crippen molar-refractivity contribution in [2.24, 2.45) is 17.8 Å². The van der Waals surface area contributed by atoms with Crippen molar-refractivity contribution in [1.29, 1.82) is 0 Å². The smallest absolute Gasteiger partial charge is 0.433 e. The summed E-state index contributed by atoms with van der Waals surface area (Å²) < 4.78 is 148. The van der Waals surface area contributed by atoms with Gasteiger partial charge >= 0.3 is 18.4 Å². The molecule has 2 saturated carbocycles. The summed E-state index contributed by atoms with van der Waals surface area (Å²) in [4.78, 5) is 61.7. The van der Waals surface area contributed by atoms with E-state index in [1.165, 1.54) is 25.3 Å². The molecule has 0 spiro atoms. The first-order chi connectivity index (χ1) is 30.5. The molecule has 2 aliphatic carbocycles. The monoisotopic (exact) mass is 949 g/mol. The summed E-state index contributed by atoms with van der Waals surface area (Å²) >= 11 is 0. The normalized spacial score (nSPS) is 30.8. The predicted molar refractivity (Wildman–Crippen MR) is 215 cm³/mol. The Morgan fingerprint density at radius 2 is 1.80 bits per heavy atom. The van der Waals surface area contributed by atoms with E-state index in [-0.39, 0.29) is 61.2 Å². The number of nitrogens with zero attached hydrogens (tertiary/aromatic N) is 2. The number of ether oxygens (including phenoxy) is 4. The molecule has 2 aromatic rings. The highest BCUT2D eigenvalue weighted by molar-refractivity contribution is 7.91. The molecule has 358 valence electrons. The maximum atomic E-state index is 14.9. The minimum absolute atomic E-state index is 0.00636. The highest BCUT2D eigenvalue weighted by Crippen LogP contribution is 2.48. The second-order valence-corrected chi connectivity index (χ2v) is 20.0. The van der Waals surface area contributed by atoms with Crippen LogP contribution in [0.2, 0.25) is 0 Å². The van der Waals surface area contributed by atoms with Gasteiger partial charge in [-0.05, 0) is 86.4 Å². The van der Waals surface area contributed by atoms with Crippen LogP contribution in [0.5, 0.6) is 11.6 Å². The molecule has 8 unspecified atom stereocenters. The van der Waals surface area contributed by atoms with Gasteiger partial charge in [0.2, 0.25) is 33.3 Å². The van der Waals surface area contributed by atoms with Crippen molar-refractivity contribution < 1.29 is 77.3 Å². The van der Waals surface area contributed by atoms with Gasteiger partial charge in [-0.25, -0.2) is 22.6 Å². The van der Waals surface area contributed by atoms with Crippen LogP contribution in [0.25, 0.3) is 10.8 Å². The van der Waals surface area contributed by atoms with Crippen molar-refractivity contribution in [3.8, 4) is 11.6 Å². The van der Waals surface area contributed by atoms with Crippen LogP contribution < -0.4 is 24.8 Å². The van der Waals surface area contributed by atoms with E-state index < -0.39 is 136 Å². The van der Waals surface area contributed by atoms with Crippen LogP contribution in [-0.4, -0.2) is 116 Å². The summed E-state index contributed by atoms with van der Waals surface area (Å²) in [7, 11) is -3.25. The number of sulfonamides is 1. The lowest BCUT2D eigenvalue weighted by Crippen LogP contribution is -2.60. The van der Waals surface area contributed by atoms with E-state index in [2.05, 4.69) is 15.6 Å². The van der Waals surface area contributed by atoms with E-state index in [9.17, 15) is 58.3 Å². The number of allylic oxidation sites excluding steroid dienone is 1. The van der Waals surface area contributed by atoms with Gasteiger partial charge in [0.1, 0.15) is 46.6 Å². The minimum atomic E-state index is -5.06. The molecule has 5 aliphatic rings. The molecule has 7 rings (SSSR count). The van der Waals surface area contributed by atoms with E-state index in [4.69, 9.17) is 18.9 Å². The van der Waals surface area contributed by atoms with Crippen LogP contribution in [0.4, 0.5) is 35.5 Å². The summed E-state index contributed by atoms with van der Waals surface area (Å²) in [5, 5.41) is 5.04. The van der Waals surface area contributed by atoms with Crippen LogP contribution in [0.3, 0.4) is 0 Å². The number of nitrogens with one attached hydrogen (secondary N) is 3. The van der Waals surface area contributed by atoms with E-state index in [1.807, 2.05) is 11.6 Å².